The fraction of sp³-hybridized carbons (Fsp3) is 0.222. The highest BCUT2D eigenvalue weighted by Crippen LogP contribution is 2.30. The molecule has 0 spiro atoms. The maximum atomic E-state index is 12.3. The van der Waals surface area contributed by atoms with Gasteiger partial charge in [-0.15, -0.1) is 0 Å². The van der Waals surface area contributed by atoms with Crippen LogP contribution in [-0.4, -0.2) is 19.4 Å². The first-order chi connectivity index (χ1) is 15.7. The molecule has 5 heteroatoms. The average molecular weight is 431 g/mol. The Morgan fingerprint density at radius 2 is 1.00 bits per heavy atom. The summed E-state index contributed by atoms with van der Waals surface area (Å²) in [5.41, 5.74) is 1.79. The van der Waals surface area contributed by atoms with Crippen LogP contribution in [0, 0.1) is 0 Å². The molecule has 0 aliphatic heterocycles. The molecule has 32 heavy (non-hydrogen) atoms. The number of rotatable bonds is 8. The first kappa shape index (κ1) is 21.5. The molecule has 4 aromatic carbocycles. The van der Waals surface area contributed by atoms with Gasteiger partial charge in [0.05, 0.1) is 13.2 Å². The number of ether oxygens (including phenoxy) is 4. The van der Waals surface area contributed by atoms with Gasteiger partial charge in [0.15, 0.2) is 0 Å². The first-order valence-corrected chi connectivity index (χ1v) is 10.8. The van der Waals surface area contributed by atoms with Gasteiger partial charge < -0.3 is 18.9 Å². The van der Waals surface area contributed by atoms with Gasteiger partial charge in [-0.1, -0.05) is 60.7 Å². The van der Waals surface area contributed by atoms with Gasteiger partial charge in [0.25, 0.3) is 0 Å². The van der Waals surface area contributed by atoms with Crippen molar-refractivity contribution in [2.24, 2.45) is 0 Å². The third-order valence-electron chi connectivity index (χ3n) is 5.24. The summed E-state index contributed by atoms with van der Waals surface area (Å²) in [4.78, 5) is 12.3. The molecule has 0 unspecified atom stereocenters. The fourth-order valence-electron chi connectivity index (χ4n) is 3.80. The fourth-order valence-corrected chi connectivity index (χ4v) is 3.80. The lowest BCUT2D eigenvalue weighted by atomic mass is 10.0. The third-order valence-corrected chi connectivity index (χ3v) is 5.24. The summed E-state index contributed by atoms with van der Waals surface area (Å²) >= 11 is 0. The second kappa shape index (κ2) is 10.1. The molecular formula is C27H26O5. The Morgan fingerprint density at radius 3 is 1.41 bits per heavy atom. The monoisotopic (exact) mass is 430 g/mol. The van der Waals surface area contributed by atoms with E-state index in [-0.39, 0.29) is 13.2 Å². The third kappa shape index (κ3) is 4.62. The molecule has 0 fully saturated rings. The predicted octanol–water partition coefficient (Wildman–Crippen LogP) is 6.64. The first-order valence-electron chi connectivity index (χ1n) is 10.8. The van der Waals surface area contributed by atoms with E-state index >= 15 is 0 Å². The molecule has 164 valence electrons. The highest BCUT2D eigenvalue weighted by atomic mass is 16.7. The van der Waals surface area contributed by atoms with Crippen molar-refractivity contribution in [1.29, 1.82) is 0 Å². The van der Waals surface area contributed by atoms with Gasteiger partial charge in [-0.3, -0.25) is 0 Å². The van der Waals surface area contributed by atoms with Crippen LogP contribution >= 0.6 is 0 Å². The molecule has 0 aliphatic rings. The van der Waals surface area contributed by atoms with E-state index in [1.165, 1.54) is 0 Å². The largest absolute Gasteiger partial charge is 0.508 e. The van der Waals surface area contributed by atoms with Crippen molar-refractivity contribution in [3.8, 4) is 11.5 Å². The molecule has 0 bridgehead atoms. The Hall–Kier alpha value is -3.73. The van der Waals surface area contributed by atoms with E-state index in [4.69, 9.17) is 18.9 Å². The van der Waals surface area contributed by atoms with E-state index in [2.05, 4.69) is 0 Å². The maximum Gasteiger partial charge on any atom is 0.508 e. The summed E-state index contributed by atoms with van der Waals surface area (Å²) in [7, 11) is 0. The summed E-state index contributed by atoms with van der Waals surface area (Å²) in [6.07, 6.45) is -0.707. The van der Waals surface area contributed by atoms with E-state index in [1.807, 2.05) is 86.6 Å². The van der Waals surface area contributed by atoms with Crippen LogP contribution in [0.25, 0.3) is 21.5 Å². The van der Waals surface area contributed by atoms with E-state index in [0.29, 0.717) is 13.2 Å². The van der Waals surface area contributed by atoms with Crippen molar-refractivity contribution in [2.45, 2.75) is 27.1 Å². The minimum absolute atomic E-state index is 0.121. The van der Waals surface area contributed by atoms with Crippen LogP contribution in [-0.2, 0) is 22.7 Å². The molecular weight excluding hydrogens is 404 g/mol. The van der Waals surface area contributed by atoms with Crippen LogP contribution in [0.1, 0.15) is 25.0 Å². The van der Waals surface area contributed by atoms with Crippen molar-refractivity contribution >= 4 is 27.7 Å². The van der Waals surface area contributed by atoms with E-state index in [1.54, 1.807) is 0 Å². The van der Waals surface area contributed by atoms with Gasteiger partial charge in [0, 0.05) is 10.8 Å². The Kier molecular flexibility index (Phi) is 6.75. The number of benzene rings is 4. The second-order valence-electron chi connectivity index (χ2n) is 7.23. The smallest absolute Gasteiger partial charge is 0.493 e. The lowest BCUT2D eigenvalue weighted by Gasteiger charge is -2.13. The van der Waals surface area contributed by atoms with E-state index < -0.39 is 6.16 Å². The Bertz CT molecular complexity index is 1140. The van der Waals surface area contributed by atoms with Crippen LogP contribution in [0.4, 0.5) is 4.79 Å². The number of hydrogen-bond donors (Lipinski definition) is 0. The van der Waals surface area contributed by atoms with Crippen molar-refractivity contribution in [3.63, 3.8) is 0 Å². The number of fused-ring (bicyclic) bond motifs is 2. The highest BCUT2D eigenvalue weighted by Gasteiger charge is 2.12. The summed E-state index contributed by atoms with van der Waals surface area (Å²) in [5, 5.41) is 3.96. The summed E-state index contributed by atoms with van der Waals surface area (Å²) in [6, 6.07) is 23.5. The van der Waals surface area contributed by atoms with Crippen molar-refractivity contribution in [3.05, 3.63) is 83.9 Å². The van der Waals surface area contributed by atoms with Crippen molar-refractivity contribution in [2.75, 3.05) is 13.2 Å². The predicted molar refractivity (Wildman–Crippen MR) is 125 cm³/mol. The standard InChI is InChI=1S/C27H26O5/c1-3-29-25-15-13-19(21-9-5-7-11-23(21)25)17-31-27(28)32-18-20-14-16-26(30-4-2)24-12-8-6-10-22(20)24/h5-16H,3-4,17-18H2,1-2H3. The quantitative estimate of drug-likeness (QED) is 0.293. The van der Waals surface area contributed by atoms with Gasteiger partial charge in [-0.2, -0.15) is 0 Å². The summed E-state index contributed by atoms with van der Waals surface area (Å²) in [5.74, 6) is 1.63. The molecule has 0 aromatic heterocycles. The molecule has 0 aliphatic carbocycles. The lowest BCUT2D eigenvalue weighted by molar-refractivity contribution is 0.0452. The number of carbonyl (C=O) groups is 1. The maximum absolute atomic E-state index is 12.3. The average Bonchev–Trinajstić information content (AvgIpc) is 2.83. The van der Waals surface area contributed by atoms with Crippen LogP contribution < -0.4 is 9.47 Å². The molecule has 4 aromatic rings. The van der Waals surface area contributed by atoms with Gasteiger partial charge in [0.2, 0.25) is 0 Å². The van der Waals surface area contributed by atoms with Crippen molar-refractivity contribution < 1.29 is 23.7 Å². The zero-order valence-corrected chi connectivity index (χ0v) is 18.3. The van der Waals surface area contributed by atoms with Crippen LogP contribution in [0.2, 0.25) is 0 Å². The zero-order chi connectivity index (χ0) is 22.3. The molecule has 0 heterocycles. The highest BCUT2D eigenvalue weighted by molar-refractivity contribution is 5.92. The minimum atomic E-state index is -0.707. The SMILES string of the molecule is CCOc1ccc(COC(=O)OCc2ccc(OCC)c3ccccc23)c2ccccc12. The molecule has 0 N–H and O–H groups in total. The Labute approximate surface area is 187 Å². The number of carbonyl (C=O) groups excluding carboxylic acids is 1. The van der Waals surface area contributed by atoms with Gasteiger partial charge >= 0.3 is 6.16 Å². The Morgan fingerprint density at radius 1 is 0.594 bits per heavy atom. The zero-order valence-electron chi connectivity index (χ0n) is 18.3. The van der Waals surface area contributed by atoms with Gasteiger partial charge in [-0.25, -0.2) is 4.79 Å². The molecule has 0 atom stereocenters. The van der Waals surface area contributed by atoms with E-state index in [0.717, 1.165) is 44.2 Å². The molecule has 5 nitrogen and oxygen atoms in total. The Balaban J connectivity index is 1.44. The number of hydrogen-bond acceptors (Lipinski definition) is 5. The van der Waals surface area contributed by atoms with Gasteiger partial charge in [-0.05, 0) is 47.9 Å². The molecule has 0 saturated heterocycles. The topological polar surface area (TPSA) is 54.0 Å². The van der Waals surface area contributed by atoms with E-state index in [9.17, 15) is 4.79 Å². The second-order valence-corrected chi connectivity index (χ2v) is 7.23. The lowest BCUT2D eigenvalue weighted by Crippen LogP contribution is -2.08. The molecule has 4 rings (SSSR count). The summed E-state index contributed by atoms with van der Waals surface area (Å²) < 4.78 is 22.2. The molecule has 0 radical (unpaired) electrons. The normalized spacial score (nSPS) is 10.8. The minimum Gasteiger partial charge on any atom is -0.493 e. The van der Waals surface area contributed by atoms with Crippen LogP contribution in [0.5, 0.6) is 11.5 Å². The van der Waals surface area contributed by atoms with Crippen LogP contribution in [0.3, 0.4) is 0 Å². The molecule has 0 saturated carbocycles. The molecule has 0 amide bonds. The van der Waals surface area contributed by atoms with Crippen molar-refractivity contribution in [1.82, 2.24) is 0 Å². The van der Waals surface area contributed by atoms with Gasteiger partial charge in [0.1, 0.15) is 24.7 Å². The van der Waals surface area contributed by atoms with Crippen LogP contribution in [0.15, 0.2) is 72.8 Å². The summed E-state index contributed by atoms with van der Waals surface area (Å²) in [6.45, 7) is 5.33.